The highest BCUT2D eigenvalue weighted by molar-refractivity contribution is 5.23. The summed E-state index contributed by atoms with van der Waals surface area (Å²) in [7, 11) is 0. The first-order valence-corrected chi connectivity index (χ1v) is 7.97. The van der Waals surface area contributed by atoms with E-state index in [1.165, 1.54) is 12.1 Å². The molecule has 0 heterocycles. The van der Waals surface area contributed by atoms with Crippen molar-refractivity contribution >= 4 is 0 Å². The quantitative estimate of drug-likeness (QED) is 0.730. The third-order valence-electron chi connectivity index (χ3n) is 4.14. The van der Waals surface area contributed by atoms with Crippen molar-refractivity contribution in [3.8, 4) is 0 Å². The minimum absolute atomic E-state index is 0.198. The molecule has 4 N–H and O–H groups in total. The second-order valence-electron chi connectivity index (χ2n) is 6.58. The van der Waals surface area contributed by atoms with E-state index in [4.69, 9.17) is 5.73 Å². The zero-order valence-electron chi connectivity index (χ0n) is 14.0. The Labute approximate surface area is 141 Å². The standard InChI is InChI=1S/C19H24F2N2O/c1-19(2,14-6-4-3-5-7-14)23-12-18(24)17(22)10-13-8-15(20)11-16(21)9-13/h3-9,11,17-18,23-24H,10,12,22H2,1-2H3. The summed E-state index contributed by atoms with van der Waals surface area (Å²) < 4.78 is 26.4. The molecule has 0 amide bonds. The molecule has 0 aliphatic rings. The number of rotatable bonds is 7. The molecule has 3 nitrogen and oxygen atoms in total. The Balaban J connectivity index is 1.93. The van der Waals surface area contributed by atoms with Gasteiger partial charge in [0.05, 0.1) is 6.10 Å². The minimum atomic E-state index is -0.834. The lowest BCUT2D eigenvalue weighted by Gasteiger charge is -2.30. The molecule has 5 heteroatoms. The number of nitrogens with two attached hydrogens (primary N) is 1. The van der Waals surface area contributed by atoms with Crippen LogP contribution in [0, 0.1) is 11.6 Å². The molecule has 0 saturated heterocycles. The van der Waals surface area contributed by atoms with Gasteiger partial charge >= 0.3 is 0 Å². The SMILES string of the molecule is CC(C)(NCC(O)C(N)Cc1cc(F)cc(F)c1)c1ccccc1. The van der Waals surface area contributed by atoms with E-state index < -0.39 is 23.8 Å². The number of aliphatic hydroxyl groups excluding tert-OH is 1. The summed E-state index contributed by atoms with van der Waals surface area (Å²) in [5.41, 5.74) is 7.18. The van der Waals surface area contributed by atoms with Crippen LogP contribution in [0.5, 0.6) is 0 Å². The van der Waals surface area contributed by atoms with E-state index in [0.29, 0.717) is 5.56 Å². The fourth-order valence-electron chi connectivity index (χ4n) is 2.60. The first-order valence-electron chi connectivity index (χ1n) is 7.97. The third kappa shape index (κ3) is 5.09. The van der Waals surface area contributed by atoms with E-state index in [1.807, 2.05) is 44.2 Å². The third-order valence-corrected chi connectivity index (χ3v) is 4.14. The van der Waals surface area contributed by atoms with Crippen LogP contribution >= 0.6 is 0 Å². The summed E-state index contributed by atoms with van der Waals surface area (Å²) >= 11 is 0. The first kappa shape index (κ1) is 18.5. The van der Waals surface area contributed by atoms with Gasteiger partial charge in [-0.05, 0) is 43.5 Å². The number of nitrogens with one attached hydrogen (secondary N) is 1. The molecule has 24 heavy (non-hydrogen) atoms. The molecule has 0 radical (unpaired) electrons. The van der Waals surface area contributed by atoms with E-state index >= 15 is 0 Å². The average molecular weight is 334 g/mol. The lowest BCUT2D eigenvalue weighted by molar-refractivity contribution is 0.131. The predicted molar refractivity (Wildman–Crippen MR) is 91.5 cm³/mol. The largest absolute Gasteiger partial charge is 0.390 e. The van der Waals surface area contributed by atoms with Crippen molar-refractivity contribution in [1.29, 1.82) is 0 Å². The fraction of sp³-hybridized carbons (Fsp3) is 0.368. The summed E-state index contributed by atoms with van der Waals surface area (Å²) in [5, 5.41) is 13.5. The number of hydrogen-bond acceptors (Lipinski definition) is 3. The second kappa shape index (κ2) is 7.83. The first-order chi connectivity index (χ1) is 11.3. The molecule has 0 aliphatic heterocycles. The Morgan fingerprint density at radius 3 is 2.25 bits per heavy atom. The minimum Gasteiger partial charge on any atom is -0.390 e. The summed E-state index contributed by atoms with van der Waals surface area (Å²) in [6, 6.07) is 12.5. The topological polar surface area (TPSA) is 58.3 Å². The van der Waals surface area contributed by atoms with Crippen LogP contribution in [0.25, 0.3) is 0 Å². The molecule has 2 aromatic carbocycles. The zero-order chi connectivity index (χ0) is 17.7. The van der Waals surface area contributed by atoms with Crippen molar-refractivity contribution in [2.24, 2.45) is 5.73 Å². The summed E-state index contributed by atoms with van der Waals surface area (Å²) in [4.78, 5) is 0. The monoisotopic (exact) mass is 334 g/mol. The normalized spacial score (nSPS) is 14.4. The summed E-state index contributed by atoms with van der Waals surface area (Å²) in [5.74, 6) is -1.29. The van der Waals surface area contributed by atoms with E-state index in [0.717, 1.165) is 11.6 Å². The van der Waals surface area contributed by atoms with Crippen LogP contribution in [0.2, 0.25) is 0 Å². The van der Waals surface area contributed by atoms with Gasteiger partial charge in [-0.25, -0.2) is 8.78 Å². The van der Waals surface area contributed by atoms with E-state index in [1.54, 1.807) is 0 Å². The molecule has 2 rings (SSSR count). The Morgan fingerprint density at radius 1 is 1.08 bits per heavy atom. The lowest BCUT2D eigenvalue weighted by Crippen LogP contribution is -2.48. The van der Waals surface area contributed by atoms with Gasteiger partial charge in [0.2, 0.25) is 0 Å². The van der Waals surface area contributed by atoms with E-state index in [2.05, 4.69) is 5.32 Å². The van der Waals surface area contributed by atoms with Crippen LogP contribution in [0.4, 0.5) is 8.78 Å². The molecular weight excluding hydrogens is 310 g/mol. The van der Waals surface area contributed by atoms with Crippen LogP contribution < -0.4 is 11.1 Å². The van der Waals surface area contributed by atoms with Gasteiger partial charge in [-0.15, -0.1) is 0 Å². The zero-order valence-corrected chi connectivity index (χ0v) is 14.0. The van der Waals surface area contributed by atoms with Crippen LogP contribution in [0.3, 0.4) is 0 Å². The maximum Gasteiger partial charge on any atom is 0.126 e. The highest BCUT2D eigenvalue weighted by atomic mass is 19.1. The highest BCUT2D eigenvalue weighted by Gasteiger charge is 2.23. The van der Waals surface area contributed by atoms with Gasteiger partial charge in [-0.1, -0.05) is 30.3 Å². The maximum atomic E-state index is 13.2. The van der Waals surface area contributed by atoms with Crippen LogP contribution in [0.15, 0.2) is 48.5 Å². The van der Waals surface area contributed by atoms with Gasteiger partial charge in [0.15, 0.2) is 0 Å². The molecule has 130 valence electrons. The number of hydrogen-bond donors (Lipinski definition) is 3. The van der Waals surface area contributed by atoms with Crippen LogP contribution in [-0.2, 0) is 12.0 Å². The van der Waals surface area contributed by atoms with Crippen molar-refractivity contribution in [1.82, 2.24) is 5.32 Å². The molecule has 0 fully saturated rings. The molecule has 0 bridgehead atoms. The van der Waals surface area contributed by atoms with E-state index in [9.17, 15) is 13.9 Å². The number of aliphatic hydroxyl groups is 1. The van der Waals surface area contributed by atoms with Gasteiger partial charge in [0, 0.05) is 24.2 Å². The molecule has 2 aromatic rings. The molecule has 0 aliphatic carbocycles. The summed E-state index contributed by atoms with van der Waals surface area (Å²) in [6.07, 6.45) is -0.636. The van der Waals surface area contributed by atoms with Crippen LogP contribution in [0.1, 0.15) is 25.0 Å². The predicted octanol–water partition coefficient (Wildman–Crippen LogP) is 2.72. The molecule has 2 atom stereocenters. The van der Waals surface area contributed by atoms with Crippen molar-refractivity contribution < 1.29 is 13.9 Å². The van der Waals surface area contributed by atoms with Crippen molar-refractivity contribution in [2.45, 2.75) is 38.0 Å². The smallest absolute Gasteiger partial charge is 0.126 e. The molecular formula is C19H24F2N2O. The van der Waals surface area contributed by atoms with Gasteiger partial charge < -0.3 is 16.2 Å². The molecule has 0 aromatic heterocycles. The van der Waals surface area contributed by atoms with Crippen molar-refractivity contribution in [2.75, 3.05) is 6.54 Å². The Hall–Kier alpha value is -1.82. The van der Waals surface area contributed by atoms with Gasteiger partial charge in [-0.2, -0.15) is 0 Å². The highest BCUT2D eigenvalue weighted by Crippen LogP contribution is 2.19. The lowest BCUT2D eigenvalue weighted by atomic mass is 9.93. The van der Waals surface area contributed by atoms with E-state index in [-0.39, 0.29) is 18.5 Å². The molecule has 0 spiro atoms. The van der Waals surface area contributed by atoms with Crippen molar-refractivity contribution in [3.63, 3.8) is 0 Å². The van der Waals surface area contributed by atoms with Gasteiger partial charge in [0.25, 0.3) is 0 Å². The Kier molecular flexibility index (Phi) is 6.04. The second-order valence-corrected chi connectivity index (χ2v) is 6.58. The van der Waals surface area contributed by atoms with Crippen molar-refractivity contribution in [3.05, 3.63) is 71.3 Å². The molecule has 0 saturated carbocycles. The average Bonchev–Trinajstić information content (AvgIpc) is 2.52. The molecule has 2 unspecified atom stereocenters. The fourth-order valence-corrected chi connectivity index (χ4v) is 2.60. The number of benzene rings is 2. The Bertz CT molecular complexity index is 641. The maximum absolute atomic E-state index is 13.2. The van der Waals surface area contributed by atoms with Gasteiger partial charge in [-0.3, -0.25) is 0 Å². The van der Waals surface area contributed by atoms with Crippen LogP contribution in [-0.4, -0.2) is 23.8 Å². The number of halogens is 2. The van der Waals surface area contributed by atoms with Gasteiger partial charge in [0.1, 0.15) is 11.6 Å². The Morgan fingerprint density at radius 2 is 1.67 bits per heavy atom. The summed E-state index contributed by atoms with van der Waals surface area (Å²) in [6.45, 7) is 4.31.